The Balaban J connectivity index is 2.03. The summed E-state index contributed by atoms with van der Waals surface area (Å²) in [5.41, 5.74) is 6.63. The number of imidazole rings is 1. The smallest absolute Gasteiger partial charge is 0.165 e. The molecule has 1 heterocycles. The SMILES string of the molecule is COc1cccc(CN)c1OCCn1ccnc1. The molecule has 5 heteroatoms. The number of ether oxygens (including phenoxy) is 2. The fourth-order valence-corrected chi connectivity index (χ4v) is 1.72. The van der Waals surface area contributed by atoms with Gasteiger partial charge in [-0.3, -0.25) is 0 Å². The van der Waals surface area contributed by atoms with E-state index >= 15 is 0 Å². The Kier molecular flexibility index (Phi) is 4.20. The van der Waals surface area contributed by atoms with Gasteiger partial charge in [0.25, 0.3) is 0 Å². The van der Waals surface area contributed by atoms with Gasteiger partial charge in [-0.25, -0.2) is 4.98 Å². The molecule has 2 aromatic rings. The van der Waals surface area contributed by atoms with E-state index in [1.54, 1.807) is 19.6 Å². The average Bonchev–Trinajstić information content (AvgIpc) is 2.92. The summed E-state index contributed by atoms with van der Waals surface area (Å²) >= 11 is 0. The highest BCUT2D eigenvalue weighted by Crippen LogP contribution is 2.30. The maximum Gasteiger partial charge on any atom is 0.165 e. The molecule has 0 bridgehead atoms. The summed E-state index contributed by atoms with van der Waals surface area (Å²) in [5.74, 6) is 1.44. The third kappa shape index (κ3) is 2.81. The molecule has 2 rings (SSSR count). The Hall–Kier alpha value is -2.01. The van der Waals surface area contributed by atoms with Crippen molar-refractivity contribution < 1.29 is 9.47 Å². The van der Waals surface area contributed by atoms with Crippen LogP contribution in [0.15, 0.2) is 36.9 Å². The molecule has 0 atom stereocenters. The minimum absolute atomic E-state index is 0.428. The summed E-state index contributed by atoms with van der Waals surface area (Å²) in [6.45, 7) is 1.71. The lowest BCUT2D eigenvalue weighted by Crippen LogP contribution is -2.09. The van der Waals surface area contributed by atoms with Gasteiger partial charge in [0.1, 0.15) is 6.61 Å². The molecule has 96 valence electrons. The van der Waals surface area contributed by atoms with Gasteiger partial charge in [0, 0.05) is 24.5 Å². The van der Waals surface area contributed by atoms with E-state index in [2.05, 4.69) is 4.98 Å². The van der Waals surface area contributed by atoms with E-state index in [9.17, 15) is 0 Å². The maximum absolute atomic E-state index is 5.77. The van der Waals surface area contributed by atoms with Crippen LogP contribution >= 0.6 is 0 Å². The van der Waals surface area contributed by atoms with Crippen LogP contribution in [0.25, 0.3) is 0 Å². The van der Waals surface area contributed by atoms with Gasteiger partial charge in [0.05, 0.1) is 20.0 Å². The molecule has 0 spiro atoms. The van der Waals surface area contributed by atoms with E-state index in [0.29, 0.717) is 18.9 Å². The van der Waals surface area contributed by atoms with Gasteiger partial charge in [0.2, 0.25) is 0 Å². The topological polar surface area (TPSA) is 62.3 Å². The van der Waals surface area contributed by atoms with Crippen LogP contribution in [0.2, 0.25) is 0 Å². The zero-order valence-corrected chi connectivity index (χ0v) is 10.4. The second-order valence-electron chi connectivity index (χ2n) is 3.80. The van der Waals surface area contributed by atoms with Crippen molar-refractivity contribution in [1.29, 1.82) is 0 Å². The van der Waals surface area contributed by atoms with Gasteiger partial charge in [-0.15, -0.1) is 0 Å². The first-order valence-electron chi connectivity index (χ1n) is 5.79. The molecule has 0 saturated heterocycles. The molecular formula is C13H17N3O2. The normalized spacial score (nSPS) is 10.3. The molecule has 5 nitrogen and oxygen atoms in total. The van der Waals surface area contributed by atoms with E-state index in [0.717, 1.165) is 17.9 Å². The highest BCUT2D eigenvalue weighted by Gasteiger charge is 2.09. The zero-order chi connectivity index (χ0) is 12.8. The fourth-order valence-electron chi connectivity index (χ4n) is 1.72. The molecule has 1 aromatic carbocycles. The molecule has 0 radical (unpaired) electrons. The summed E-state index contributed by atoms with van der Waals surface area (Å²) in [5, 5.41) is 0. The summed E-state index contributed by atoms with van der Waals surface area (Å²) < 4.78 is 13.0. The van der Waals surface area contributed by atoms with Crippen LogP contribution in [0.1, 0.15) is 5.56 Å². The second kappa shape index (κ2) is 6.07. The predicted octanol–water partition coefficient (Wildman–Crippen LogP) is 1.43. The second-order valence-corrected chi connectivity index (χ2v) is 3.80. The molecule has 0 aliphatic heterocycles. The van der Waals surface area contributed by atoms with Gasteiger partial charge < -0.3 is 19.8 Å². The first-order chi connectivity index (χ1) is 8.85. The number of nitrogens with two attached hydrogens (primary N) is 1. The number of nitrogens with zero attached hydrogens (tertiary/aromatic N) is 2. The lowest BCUT2D eigenvalue weighted by molar-refractivity contribution is 0.277. The quantitative estimate of drug-likeness (QED) is 0.838. The molecule has 0 aliphatic carbocycles. The lowest BCUT2D eigenvalue weighted by atomic mass is 10.2. The molecule has 0 unspecified atom stereocenters. The molecule has 2 N–H and O–H groups in total. The Morgan fingerprint density at radius 1 is 1.39 bits per heavy atom. The Labute approximate surface area is 106 Å². The lowest BCUT2D eigenvalue weighted by Gasteiger charge is -2.14. The van der Waals surface area contributed by atoms with Crippen molar-refractivity contribution in [2.24, 2.45) is 5.73 Å². The van der Waals surface area contributed by atoms with Crippen LogP contribution in [0, 0.1) is 0 Å². The first-order valence-corrected chi connectivity index (χ1v) is 5.79. The standard InChI is InChI=1S/C13H17N3O2/c1-17-12-4-2-3-11(9-14)13(12)18-8-7-16-6-5-15-10-16/h2-6,10H,7-9,14H2,1H3. The zero-order valence-electron chi connectivity index (χ0n) is 10.4. The summed E-state index contributed by atoms with van der Waals surface area (Å²) in [6.07, 6.45) is 5.40. The average molecular weight is 247 g/mol. The molecule has 0 aliphatic rings. The van der Waals surface area contributed by atoms with E-state index in [-0.39, 0.29) is 0 Å². The van der Waals surface area contributed by atoms with Crippen molar-refractivity contribution in [3.05, 3.63) is 42.5 Å². The predicted molar refractivity (Wildman–Crippen MR) is 68.6 cm³/mol. The third-order valence-electron chi connectivity index (χ3n) is 2.66. The van der Waals surface area contributed by atoms with E-state index in [1.165, 1.54) is 0 Å². The van der Waals surface area contributed by atoms with Crippen molar-refractivity contribution in [3.63, 3.8) is 0 Å². The van der Waals surface area contributed by atoms with E-state index in [4.69, 9.17) is 15.2 Å². The largest absolute Gasteiger partial charge is 0.493 e. The highest BCUT2D eigenvalue weighted by molar-refractivity contribution is 5.46. The number of benzene rings is 1. The van der Waals surface area contributed by atoms with Crippen LogP contribution in [-0.2, 0) is 13.1 Å². The van der Waals surface area contributed by atoms with E-state index < -0.39 is 0 Å². The van der Waals surface area contributed by atoms with Crippen molar-refractivity contribution in [2.45, 2.75) is 13.1 Å². The minimum atomic E-state index is 0.428. The van der Waals surface area contributed by atoms with Crippen LogP contribution in [0.5, 0.6) is 11.5 Å². The van der Waals surface area contributed by atoms with Crippen LogP contribution < -0.4 is 15.2 Å². The monoisotopic (exact) mass is 247 g/mol. The van der Waals surface area contributed by atoms with Gasteiger partial charge in [-0.05, 0) is 6.07 Å². The van der Waals surface area contributed by atoms with Crippen molar-refractivity contribution >= 4 is 0 Å². The molecule has 1 aromatic heterocycles. The number of methoxy groups -OCH3 is 1. The molecule has 0 fully saturated rings. The summed E-state index contributed by atoms with van der Waals surface area (Å²) in [7, 11) is 1.62. The Bertz CT molecular complexity index is 461. The maximum atomic E-state index is 5.77. The number of hydrogen-bond acceptors (Lipinski definition) is 4. The van der Waals surface area contributed by atoms with E-state index in [1.807, 2.05) is 29.0 Å². The van der Waals surface area contributed by atoms with Crippen LogP contribution in [0.4, 0.5) is 0 Å². The van der Waals surface area contributed by atoms with Crippen molar-refractivity contribution in [2.75, 3.05) is 13.7 Å². The van der Waals surface area contributed by atoms with Gasteiger partial charge in [0.15, 0.2) is 11.5 Å². The Morgan fingerprint density at radius 3 is 2.94 bits per heavy atom. The van der Waals surface area contributed by atoms with Gasteiger partial charge >= 0.3 is 0 Å². The summed E-state index contributed by atoms with van der Waals surface area (Å²) in [6, 6.07) is 5.71. The molecule has 0 saturated carbocycles. The number of rotatable bonds is 6. The number of hydrogen-bond donors (Lipinski definition) is 1. The summed E-state index contributed by atoms with van der Waals surface area (Å²) in [4.78, 5) is 3.98. The van der Waals surface area contributed by atoms with Crippen molar-refractivity contribution in [1.82, 2.24) is 9.55 Å². The Morgan fingerprint density at radius 2 is 2.28 bits per heavy atom. The van der Waals surface area contributed by atoms with Gasteiger partial charge in [-0.1, -0.05) is 12.1 Å². The molecular weight excluding hydrogens is 230 g/mol. The van der Waals surface area contributed by atoms with Crippen LogP contribution in [0.3, 0.4) is 0 Å². The highest BCUT2D eigenvalue weighted by atomic mass is 16.5. The fraction of sp³-hybridized carbons (Fsp3) is 0.308. The number of para-hydroxylation sites is 1. The third-order valence-corrected chi connectivity index (χ3v) is 2.66. The van der Waals surface area contributed by atoms with Crippen molar-refractivity contribution in [3.8, 4) is 11.5 Å². The van der Waals surface area contributed by atoms with Gasteiger partial charge in [-0.2, -0.15) is 0 Å². The minimum Gasteiger partial charge on any atom is -0.493 e. The first kappa shape index (κ1) is 12.4. The van der Waals surface area contributed by atoms with Crippen LogP contribution in [-0.4, -0.2) is 23.3 Å². The molecule has 0 amide bonds. The number of aromatic nitrogens is 2. The molecule has 18 heavy (non-hydrogen) atoms.